The first-order valence-corrected chi connectivity index (χ1v) is 7.45. The van der Waals surface area contributed by atoms with Gasteiger partial charge in [-0.1, -0.05) is 0 Å². The molecule has 1 aromatic heterocycles. The number of carbonyl (C=O) groups is 2. The van der Waals surface area contributed by atoms with Crippen LogP contribution in [-0.2, 0) is 23.0 Å². The molecule has 0 fully saturated rings. The Bertz CT molecular complexity index is 751. The van der Waals surface area contributed by atoms with Gasteiger partial charge in [0.05, 0.1) is 0 Å². The molecule has 1 aromatic carbocycles. The zero-order valence-corrected chi connectivity index (χ0v) is 13.2. The molecular formula is C17H19N3O3. The van der Waals surface area contributed by atoms with Crippen LogP contribution in [-0.4, -0.2) is 30.2 Å². The number of hydrogen-bond acceptors (Lipinski definition) is 3. The quantitative estimate of drug-likeness (QED) is 0.941. The lowest BCUT2D eigenvalue weighted by Crippen LogP contribution is -2.36. The van der Waals surface area contributed by atoms with Crippen molar-refractivity contribution < 1.29 is 14.3 Å². The number of rotatable bonds is 4. The average Bonchev–Trinajstić information content (AvgIpc) is 2.96. The third kappa shape index (κ3) is 2.98. The first-order valence-electron chi connectivity index (χ1n) is 7.45. The first-order chi connectivity index (χ1) is 11.1. The number of nitrogens with one attached hydrogen (secondary N) is 1. The van der Waals surface area contributed by atoms with Crippen LogP contribution < -0.4 is 10.2 Å². The van der Waals surface area contributed by atoms with Gasteiger partial charge in [0.1, 0.15) is 12.4 Å². The van der Waals surface area contributed by atoms with E-state index in [-0.39, 0.29) is 18.5 Å². The number of carbonyl (C=O) groups excluding carboxylic acids is 2. The molecule has 2 aromatic rings. The summed E-state index contributed by atoms with van der Waals surface area (Å²) in [5.41, 5.74) is 3.20. The number of benzene rings is 1. The fourth-order valence-electron chi connectivity index (χ4n) is 2.80. The molecule has 0 bridgehead atoms. The zero-order valence-electron chi connectivity index (χ0n) is 13.2. The van der Waals surface area contributed by atoms with Crippen LogP contribution in [0.25, 0.3) is 0 Å². The van der Waals surface area contributed by atoms with E-state index < -0.39 is 0 Å². The van der Waals surface area contributed by atoms with Crippen molar-refractivity contribution in [3.05, 3.63) is 47.8 Å². The predicted molar refractivity (Wildman–Crippen MR) is 87.5 cm³/mol. The topological polar surface area (TPSA) is 63.6 Å². The molecule has 0 saturated heterocycles. The van der Waals surface area contributed by atoms with E-state index in [4.69, 9.17) is 4.74 Å². The molecule has 120 valence electrons. The molecule has 6 heteroatoms. The van der Waals surface area contributed by atoms with E-state index in [9.17, 15) is 9.59 Å². The molecule has 0 aliphatic carbocycles. The molecule has 0 spiro atoms. The van der Waals surface area contributed by atoms with Crippen LogP contribution in [0.4, 0.5) is 11.4 Å². The lowest BCUT2D eigenvalue weighted by atomic mass is 10.0. The number of aromatic nitrogens is 1. The minimum absolute atomic E-state index is 0.0555. The number of aryl methyl sites for hydroxylation is 2. The molecule has 2 amide bonds. The molecule has 0 atom stereocenters. The van der Waals surface area contributed by atoms with E-state index in [1.165, 1.54) is 0 Å². The number of fused-ring (bicyclic) bond motifs is 1. The Hall–Kier alpha value is -2.60. The van der Waals surface area contributed by atoms with Gasteiger partial charge < -0.3 is 14.6 Å². The minimum Gasteiger partial charge on any atom is -0.364 e. The van der Waals surface area contributed by atoms with Crippen molar-refractivity contribution in [2.24, 2.45) is 7.05 Å². The van der Waals surface area contributed by atoms with Gasteiger partial charge >= 0.3 is 0 Å². The standard InChI is InChI=1S/C17H19N3O3/c1-19-9-3-4-15(19)17(22)18-13-6-7-14-12(10-13)5-8-16(21)20(14)11-23-2/h3-4,6-7,9-10H,5,8,11H2,1-2H3,(H,18,22). The first kappa shape index (κ1) is 15.3. The molecule has 0 radical (unpaired) electrons. The lowest BCUT2D eigenvalue weighted by molar-refractivity contribution is -0.119. The van der Waals surface area contributed by atoms with Crippen molar-refractivity contribution in [2.45, 2.75) is 12.8 Å². The molecule has 3 rings (SSSR count). The van der Waals surface area contributed by atoms with Gasteiger partial charge in [-0.25, -0.2) is 0 Å². The van der Waals surface area contributed by atoms with Gasteiger partial charge in [0, 0.05) is 38.1 Å². The van der Waals surface area contributed by atoms with Crippen LogP contribution in [0, 0.1) is 0 Å². The highest BCUT2D eigenvalue weighted by Crippen LogP contribution is 2.30. The van der Waals surface area contributed by atoms with Crippen LogP contribution in [0.2, 0.25) is 0 Å². The summed E-state index contributed by atoms with van der Waals surface area (Å²) in [4.78, 5) is 25.9. The number of hydrogen-bond donors (Lipinski definition) is 1. The molecule has 23 heavy (non-hydrogen) atoms. The Morgan fingerprint density at radius 2 is 2.13 bits per heavy atom. The predicted octanol–water partition coefficient (Wildman–Crippen LogP) is 2.16. The molecule has 1 aliphatic rings. The number of anilines is 2. The summed E-state index contributed by atoms with van der Waals surface area (Å²) < 4.78 is 6.87. The Morgan fingerprint density at radius 3 is 2.83 bits per heavy atom. The maximum absolute atomic E-state index is 12.3. The van der Waals surface area contributed by atoms with Crippen molar-refractivity contribution in [3.8, 4) is 0 Å². The Kier molecular flexibility index (Phi) is 4.16. The van der Waals surface area contributed by atoms with Gasteiger partial charge in [0.2, 0.25) is 5.91 Å². The van der Waals surface area contributed by atoms with Crippen LogP contribution in [0.15, 0.2) is 36.5 Å². The van der Waals surface area contributed by atoms with Crippen molar-refractivity contribution in [3.63, 3.8) is 0 Å². The maximum atomic E-state index is 12.3. The van der Waals surface area contributed by atoms with E-state index >= 15 is 0 Å². The largest absolute Gasteiger partial charge is 0.364 e. The van der Waals surface area contributed by atoms with Gasteiger partial charge in [0.15, 0.2) is 0 Å². The van der Waals surface area contributed by atoms with E-state index in [1.807, 2.05) is 31.4 Å². The van der Waals surface area contributed by atoms with Crippen LogP contribution in [0.5, 0.6) is 0 Å². The highest BCUT2D eigenvalue weighted by molar-refractivity contribution is 6.03. The van der Waals surface area contributed by atoms with Crippen molar-refractivity contribution in [1.82, 2.24) is 4.57 Å². The Balaban J connectivity index is 1.82. The molecule has 6 nitrogen and oxygen atoms in total. The molecule has 0 saturated carbocycles. The van der Waals surface area contributed by atoms with Gasteiger partial charge in [-0.15, -0.1) is 0 Å². The minimum atomic E-state index is -0.155. The Morgan fingerprint density at radius 1 is 1.30 bits per heavy atom. The SMILES string of the molecule is COCN1C(=O)CCc2cc(NC(=O)c3cccn3C)ccc21. The Labute approximate surface area is 134 Å². The molecule has 0 unspecified atom stereocenters. The number of nitrogens with zero attached hydrogens (tertiary/aromatic N) is 2. The third-order valence-electron chi connectivity index (χ3n) is 3.97. The second-order valence-electron chi connectivity index (χ2n) is 5.54. The van der Waals surface area contributed by atoms with E-state index in [1.54, 1.807) is 28.7 Å². The van der Waals surface area contributed by atoms with Gasteiger partial charge in [-0.3, -0.25) is 14.5 Å². The monoisotopic (exact) mass is 313 g/mol. The number of amides is 2. The molecule has 2 heterocycles. The van der Waals surface area contributed by atoms with E-state index in [0.29, 0.717) is 18.5 Å². The van der Waals surface area contributed by atoms with E-state index in [2.05, 4.69) is 5.32 Å². The summed E-state index contributed by atoms with van der Waals surface area (Å²) in [5.74, 6) is -0.0990. The second-order valence-corrected chi connectivity index (χ2v) is 5.54. The lowest BCUT2D eigenvalue weighted by Gasteiger charge is -2.29. The van der Waals surface area contributed by atoms with Crippen molar-refractivity contribution in [2.75, 3.05) is 24.1 Å². The maximum Gasteiger partial charge on any atom is 0.272 e. The molecule has 1 aliphatic heterocycles. The molecular weight excluding hydrogens is 294 g/mol. The van der Waals surface area contributed by atoms with Crippen molar-refractivity contribution in [1.29, 1.82) is 0 Å². The number of methoxy groups -OCH3 is 1. The highest BCUT2D eigenvalue weighted by atomic mass is 16.5. The molecule has 1 N–H and O–H groups in total. The average molecular weight is 313 g/mol. The van der Waals surface area contributed by atoms with Crippen LogP contribution in [0.3, 0.4) is 0 Å². The second kappa shape index (κ2) is 6.26. The third-order valence-corrected chi connectivity index (χ3v) is 3.97. The number of ether oxygens (including phenoxy) is 1. The normalized spacial score (nSPS) is 13.8. The highest BCUT2D eigenvalue weighted by Gasteiger charge is 2.24. The van der Waals surface area contributed by atoms with Crippen LogP contribution >= 0.6 is 0 Å². The van der Waals surface area contributed by atoms with Gasteiger partial charge in [-0.05, 0) is 42.3 Å². The van der Waals surface area contributed by atoms with Crippen LogP contribution in [0.1, 0.15) is 22.5 Å². The van der Waals surface area contributed by atoms with Crippen molar-refractivity contribution >= 4 is 23.2 Å². The van der Waals surface area contributed by atoms with Gasteiger partial charge in [-0.2, -0.15) is 0 Å². The summed E-state index contributed by atoms with van der Waals surface area (Å²) in [6, 6.07) is 9.18. The zero-order chi connectivity index (χ0) is 16.4. The summed E-state index contributed by atoms with van der Waals surface area (Å²) in [6.45, 7) is 0.237. The fourth-order valence-corrected chi connectivity index (χ4v) is 2.80. The smallest absolute Gasteiger partial charge is 0.272 e. The van der Waals surface area contributed by atoms with E-state index in [0.717, 1.165) is 16.9 Å². The fraction of sp³-hybridized carbons (Fsp3) is 0.294. The summed E-state index contributed by atoms with van der Waals surface area (Å²) >= 11 is 0. The summed E-state index contributed by atoms with van der Waals surface area (Å²) in [6.07, 6.45) is 2.95. The summed E-state index contributed by atoms with van der Waals surface area (Å²) in [7, 11) is 3.39. The summed E-state index contributed by atoms with van der Waals surface area (Å²) in [5, 5.41) is 2.90. The van der Waals surface area contributed by atoms with Gasteiger partial charge in [0.25, 0.3) is 5.91 Å².